The first-order chi connectivity index (χ1) is 12.1. The van der Waals surface area contributed by atoms with E-state index in [9.17, 15) is 9.59 Å². The van der Waals surface area contributed by atoms with Gasteiger partial charge < -0.3 is 23.9 Å². The lowest BCUT2D eigenvalue weighted by molar-refractivity contribution is 0.0690. The van der Waals surface area contributed by atoms with Crippen molar-refractivity contribution in [1.29, 1.82) is 0 Å². The number of amides is 1. The lowest BCUT2D eigenvalue weighted by atomic mass is 10.0. The van der Waals surface area contributed by atoms with E-state index in [0.717, 1.165) is 24.7 Å². The van der Waals surface area contributed by atoms with Gasteiger partial charge in [0.1, 0.15) is 19.5 Å². The second-order valence-corrected chi connectivity index (χ2v) is 6.06. The molecule has 0 saturated carbocycles. The van der Waals surface area contributed by atoms with Crippen LogP contribution in [-0.2, 0) is 0 Å². The maximum absolute atomic E-state index is 12.7. The Morgan fingerprint density at radius 3 is 2.68 bits per heavy atom. The molecule has 4 rings (SSSR count). The number of carboxylic acid groups (broad SMARTS) is 1. The monoisotopic (exact) mass is 343 g/mol. The molecule has 1 aromatic heterocycles. The molecule has 1 amide bonds. The number of ether oxygens (including phenoxy) is 2. The van der Waals surface area contributed by atoms with Gasteiger partial charge >= 0.3 is 5.97 Å². The van der Waals surface area contributed by atoms with Gasteiger partial charge in [-0.15, -0.1) is 0 Å². The van der Waals surface area contributed by atoms with Gasteiger partial charge in [-0.2, -0.15) is 0 Å². The molecule has 1 fully saturated rings. The van der Waals surface area contributed by atoms with Crippen molar-refractivity contribution in [3.63, 3.8) is 0 Å². The first-order valence-corrected chi connectivity index (χ1v) is 8.16. The average molecular weight is 343 g/mol. The number of likely N-dealkylation sites (tertiary alicyclic amines) is 1. The molecule has 2 aliphatic heterocycles. The lowest BCUT2D eigenvalue weighted by Crippen LogP contribution is -2.30. The number of carboxylic acids is 1. The van der Waals surface area contributed by atoms with E-state index in [1.54, 1.807) is 4.90 Å². The zero-order valence-electron chi connectivity index (χ0n) is 13.4. The Bertz CT molecular complexity index is 827. The van der Waals surface area contributed by atoms with E-state index in [4.69, 9.17) is 19.0 Å². The minimum Gasteiger partial charge on any atom is -0.486 e. The number of furan rings is 1. The molecule has 25 heavy (non-hydrogen) atoms. The Morgan fingerprint density at radius 2 is 1.92 bits per heavy atom. The van der Waals surface area contributed by atoms with E-state index >= 15 is 0 Å². The van der Waals surface area contributed by atoms with Crippen LogP contribution in [0.3, 0.4) is 0 Å². The Kier molecular flexibility index (Phi) is 3.83. The zero-order chi connectivity index (χ0) is 17.4. The Hall–Kier alpha value is -2.96. The predicted octanol–water partition coefficient (Wildman–Crippen LogP) is 2.73. The third-order valence-corrected chi connectivity index (χ3v) is 4.52. The van der Waals surface area contributed by atoms with Crippen LogP contribution in [0.1, 0.15) is 45.4 Å². The number of hydrogen-bond donors (Lipinski definition) is 1. The summed E-state index contributed by atoms with van der Waals surface area (Å²) >= 11 is 0. The van der Waals surface area contributed by atoms with Gasteiger partial charge in [0.15, 0.2) is 17.3 Å². The SMILES string of the molecule is O=C(O)c1coc(C(=O)N2CCCC2c2ccc3c(c2)OCCO3)c1. The summed E-state index contributed by atoms with van der Waals surface area (Å²) in [6.45, 7) is 1.64. The summed E-state index contributed by atoms with van der Waals surface area (Å²) < 4.78 is 16.3. The summed E-state index contributed by atoms with van der Waals surface area (Å²) in [6.07, 6.45) is 2.79. The molecule has 2 aliphatic rings. The molecule has 0 bridgehead atoms. The number of benzene rings is 1. The molecule has 1 N–H and O–H groups in total. The smallest absolute Gasteiger partial charge is 0.338 e. The van der Waals surface area contributed by atoms with Gasteiger partial charge in [0.05, 0.1) is 11.6 Å². The topological polar surface area (TPSA) is 89.2 Å². The molecule has 2 aromatic rings. The number of carbonyl (C=O) groups is 2. The van der Waals surface area contributed by atoms with Crippen LogP contribution in [0.15, 0.2) is 34.9 Å². The summed E-state index contributed by atoms with van der Waals surface area (Å²) in [5, 5.41) is 8.98. The van der Waals surface area contributed by atoms with Crippen LogP contribution in [0.25, 0.3) is 0 Å². The Balaban J connectivity index is 1.59. The van der Waals surface area contributed by atoms with Crippen LogP contribution in [0.5, 0.6) is 11.5 Å². The Morgan fingerprint density at radius 1 is 1.12 bits per heavy atom. The minimum absolute atomic E-state index is 0.0292. The van der Waals surface area contributed by atoms with Crippen molar-refractivity contribution in [3.8, 4) is 11.5 Å². The van der Waals surface area contributed by atoms with E-state index in [1.807, 2.05) is 18.2 Å². The maximum Gasteiger partial charge on any atom is 0.338 e. The molecule has 7 heteroatoms. The first-order valence-electron chi connectivity index (χ1n) is 8.16. The molecule has 0 spiro atoms. The van der Waals surface area contributed by atoms with Gasteiger partial charge in [-0.1, -0.05) is 6.07 Å². The summed E-state index contributed by atoms with van der Waals surface area (Å²) in [5.74, 6) is 0.0246. The fourth-order valence-electron chi connectivity index (χ4n) is 3.33. The van der Waals surface area contributed by atoms with E-state index in [1.165, 1.54) is 6.07 Å². The third-order valence-electron chi connectivity index (χ3n) is 4.52. The highest BCUT2D eigenvalue weighted by Gasteiger charge is 2.33. The van der Waals surface area contributed by atoms with Crippen LogP contribution < -0.4 is 9.47 Å². The quantitative estimate of drug-likeness (QED) is 0.922. The summed E-state index contributed by atoms with van der Waals surface area (Å²) in [6, 6.07) is 6.88. The average Bonchev–Trinajstić information content (AvgIpc) is 3.30. The molecular weight excluding hydrogens is 326 g/mol. The lowest BCUT2D eigenvalue weighted by Gasteiger charge is -2.26. The normalized spacial score (nSPS) is 19.0. The molecule has 7 nitrogen and oxygen atoms in total. The predicted molar refractivity (Wildman–Crippen MR) is 86.1 cm³/mol. The van der Waals surface area contributed by atoms with Crippen LogP contribution in [0.2, 0.25) is 0 Å². The van der Waals surface area contributed by atoms with Crippen molar-refractivity contribution in [2.24, 2.45) is 0 Å². The van der Waals surface area contributed by atoms with Crippen molar-refractivity contribution in [2.75, 3.05) is 19.8 Å². The molecule has 1 unspecified atom stereocenters. The Labute approximate surface area is 143 Å². The molecule has 0 radical (unpaired) electrons. The molecule has 1 aromatic carbocycles. The van der Waals surface area contributed by atoms with Crippen molar-refractivity contribution in [1.82, 2.24) is 4.90 Å². The fourth-order valence-corrected chi connectivity index (χ4v) is 3.33. The summed E-state index contributed by atoms with van der Waals surface area (Å²) in [5.41, 5.74) is 0.943. The number of hydrogen-bond acceptors (Lipinski definition) is 5. The molecule has 1 atom stereocenters. The van der Waals surface area contributed by atoms with Crippen LogP contribution in [0, 0.1) is 0 Å². The highest BCUT2D eigenvalue weighted by Crippen LogP contribution is 2.38. The van der Waals surface area contributed by atoms with Gasteiger partial charge in [0.2, 0.25) is 0 Å². The van der Waals surface area contributed by atoms with Crippen molar-refractivity contribution in [3.05, 3.63) is 47.4 Å². The number of fused-ring (bicyclic) bond motifs is 1. The summed E-state index contributed by atoms with van der Waals surface area (Å²) in [4.78, 5) is 25.4. The highest BCUT2D eigenvalue weighted by atomic mass is 16.6. The first kappa shape index (κ1) is 15.6. The van der Waals surface area contributed by atoms with E-state index in [0.29, 0.717) is 31.3 Å². The number of rotatable bonds is 3. The van der Waals surface area contributed by atoms with Gasteiger partial charge in [-0.05, 0) is 30.5 Å². The third kappa shape index (κ3) is 2.82. The highest BCUT2D eigenvalue weighted by molar-refractivity contribution is 5.95. The van der Waals surface area contributed by atoms with E-state index < -0.39 is 5.97 Å². The van der Waals surface area contributed by atoms with Crippen molar-refractivity contribution in [2.45, 2.75) is 18.9 Å². The number of carbonyl (C=O) groups excluding carboxylic acids is 1. The van der Waals surface area contributed by atoms with Gasteiger partial charge in [-0.3, -0.25) is 4.79 Å². The summed E-state index contributed by atoms with van der Waals surface area (Å²) in [7, 11) is 0. The number of aromatic carboxylic acids is 1. The second-order valence-electron chi connectivity index (χ2n) is 6.06. The second kappa shape index (κ2) is 6.16. The standard InChI is InChI=1S/C18H17NO6/c20-17(16-9-12(10-25-16)18(21)22)19-5-1-2-13(19)11-3-4-14-15(8-11)24-7-6-23-14/h3-4,8-10,13H,1-2,5-7H2,(H,21,22). The maximum atomic E-state index is 12.7. The van der Waals surface area contributed by atoms with Crippen LogP contribution in [0.4, 0.5) is 0 Å². The van der Waals surface area contributed by atoms with Gasteiger partial charge in [0, 0.05) is 12.6 Å². The molecule has 1 saturated heterocycles. The van der Waals surface area contributed by atoms with Crippen LogP contribution in [-0.4, -0.2) is 41.6 Å². The van der Waals surface area contributed by atoms with Crippen molar-refractivity contribution >= 4 is 11.9 Å². The van der Waals surface area contributed by atoms with Crippen LogP contribution >= 0.6 is 0 Å². The van der Waals surface area contributed by atoms with Crippen molar-refractivity contribution < 1.29 is 28.6 Å². The molecular formula is C18H17NO6. The zero-order valence-corrected chi connectivity index (χ0v) is 13.4. The van der Waals surface area contributed by atoms with E-state index in [2.05, 4.69) is 0 Å². The molecule has 3 heterocycles. The van der Waals surface area contributed by atoms with Gasteiger partial charge in [-0.25, -0.2) is 4.79 Å². The largest absolute Gasteiger partial charge is 0.486 e. The van der Waals surface area contributed by atoms with Gasteiger partial charge in [0.25, 0.3) is 5.91 Å². The fraction of sp³-hybridized carbons (Fsp3) is 0.333. The molecule has 0 aliphatic carbocycles. The minimum atomic E-state index is -1.12. The molecule has 130 valence electrons. The van der Waals surface area contributed by atoms with E-state index in [-0.39, 0.29) is 23.3 Å². The number of nitrogens with zero attached hydrogens (tertiary/aromatic N) is 1.